The molecule has 8 heteroatoms. The van der Waals surface area contributed by atoms with Crippen molar-refractivity contribution >= 4 is 6.03 Å². The monoisotopic (exact) mass is 323 g/mol. The Morgan fingerprint density at radius 1 is 1.13 bits per heavy atom. The Morgan fingerprint density at radius 3 is 2.39 bits per heavy atom. The van der Waals surface area contributed by atoms with Gasteiger partial charge in [-0.05, 0) is 6.92 Å². The number of carbonyl (C=O) groups is 1. The molecule has 2 fully saturated rings. The van der Waals surface area contributed by atoms with E-state index in [-0.39, 0.29) is 12.1 Å². The normalized spacial score (nSPS) is 21.5. The van der Waals surface area contributed by atoms with Crippen molar-refractivity contribution in [1.82, 2.24) is 24.8 Å². The molecule has 0 saturated carbocycles. The summed E-state index contributed by atoms with van der Waals surface area (Å²) in [6, 6.07) is 0.218. The number of hydrogen-bond donors (Lipinski definition) is 0. The number of piperazine rings is 1. The average Bonchev–Trinajstić information content (AvgIpc) is 3.10. The van der Waals surface area contributed by atoms with Crippen LogP contribution >= 0.6 is 0 Å². The molecule has 23 heavy (non-hydrogen) atoms. The third kappa shape index (κ3) is 3.64. The van der Waals surface area contributed by atoms with Crippen LogP contribution < -0.4 is 0 Å². The van der Waals surface area contributed by atoms with Gasteiger partial charge in [-0.3, -0.25) is 4.90 Å². The molecular formula is C15H25N5O3. The van der Waals surface area contributed by atoms with Crippen LogP contribution in [0.1, 0.15) is 31.6 Å². The molecule has 0 aliphatic carbocycles. The summed E-state index contributed by atoms with van der Waals surface area (Å²) in [5, 5.41) is 3.96. The van der Waals surface area contributed by atoms with Gasteiger partial charge < -0.3 is 19.1 Å². The van der Waals surface area contributed by atoms with Crippen molar-refractivity contribution < 1.29 is 14.1 Å². The van der Waals surface area contributed by atoms with Crippen molar-refractivity contribution in [2.45, 2.75) is 26.3 Å². The minimum Gasteiger partial charge on any atom is -0.378 e. The predicted octanol–water partition coefficient (Wildman–Crippen LogP) is 0.763. The van der Waals surface area contributed by atoms with E-state index in [1.165, 1.54) is 0 Å². The molecule has 0 N–H and O–H groups in total. The summed E-state index contributed by atoms with van der Waals surface area (Å²) in [5.41, 5.74) is 0. The number of morpholine rings is 1. The van der Waals surface area contributed by atoms with E-state index in [0.717, 1.165) is 38.4 Å². The maximum absolute atomic E-state index is 12.5. The number of rotatable bonds is 3. The fourth-order valence-electron chi connectivity index (χ4n) is 2.99. The molecule has 1 aromatic rings. The van der Waals surface area contributed by atoms with Gasteiger partial charge in [0.25, 0.3) is 0 Å². The smallest absolute Gasteiger partial charge is 0.320 e. The topological polar surface area (TPSA) is 74.9 Å². The molecule has 1 unspecified atom stereocenters. The van der Waals surface area contributed by atoms with Crippen molar-refractivity contribution in [1.29, 1.82) is 0 Å². The van der Waals surface area contributed by atoms with E-state index in [1.807, 2.05) is 16.7 Å². The number of nitrogens with zero attached hydrogens (tertiary/aromatic N) is 5. The van der Waals surface area contributed by atoms with Gasteiger partial charge in [-0.15, -0.1) is 0 Å². The zero-order valence-corrected chi connectivity index (χ0v) is 13.9. The highest BCUT2D eigenvalue weighted by atomic mass is 16.5. The van der Waals surface area contributed by atoms with Crippen LogP contribution in [0.5, 0.6) is 0 Å². The van der Waals surface area contributed by atoms with Crippen LogP contribution in [0.4, 0.5) is 4.79 Å². The molecule has 0 bridgehead atoms. The first-order valence-electron chi connectivity index (χ1n) is 8.37. The third-order valence-electron chi connectivity index (χ3n) is 4.57. The maximum atomic E-state index is 12.5. The Hall–Kier alpha value is -1.67. The van der Waals surface area contributed by atoms with E-state index in [9.17, 15) is 4.79 Å². The summed E-state index contributed by atoms with van der Waals surface area (Å²) in [4.78, 5) is 23.0. The Bertz CT molecular complexity index is 521. The number of amides is 2. The molecule has 3 rings (SSSR count). The molecule has 0 aromatic carbocycles. The van der Waals surface area contributed by atoms with Gasteiger partial charge in [0.2, 0.25) is 5.89 Å². The summed E-state index contributed by atoms with van der Waals surface area (Å²) in [6.45, 7) is 9.85. The second-order valence-corrected chi connectivity index (χ2v) is 5.98. The van der Waals surface area contributed by atoms with E-state index in [2.05, 4.69) is 22.0 Å². The number of ether oxygens (including phenoxy) is 1. The van der Waals surface area contributed by atoms with Gasteiger partial charge in [-0.25, -0.2) is 4.79 Å². The lowest BCUT2D eigenvalue weighted by Gasteiger charge is -2.39. The van der Waals surface area contributed by atoms with E-state index < -0.39 is 0 Å². The Morgan fingerprint density at radius 2 is 1.78 bits per heavy atom. The molecule has 2 saturated heterocycles. The summed E-state index contributed by atoms with van der Waals surface area (Å²) in [5.74, 6) is 1.41. The molecule has 2 aliphatic rings. The molecular weight excluding hydrogens is 298 g/mol. The average molecular weight is 323 g/mol. The van der Waals surface area contributed by atoms with Gasteiger partial charge in [0, 0.05) is 45.7 Å². The molecule has 0 spiro atoms. The number of aryl methyl sites for hydroxylation is 1. The highest BCUT2D eigenvalue weighted by Gasteiger charge is 2.29. The lowest BCUT2D eigenvalue weighted by molar-refractivity contribution is 0.0339. The van der Waals surface area contributed by atoms with Crippen LogP contribution in [-0.2, 0) is 11.2 Å². The van der Waals surface area contributed by atoms with Gasteiger partial charge in [-0.2, -0.15) is 4.98 Å². The van der Waals surface area contributed by atoms with Crippen molar-refractivity contribution in [3.63, 3.8) is 0 Å². The van der Waals surface area contributed by atoms with Gasteiger partial charge in [0.1, 0.15) is 0 Å². The summed E-state index contributed by atoms with van der Waals surface area (Å²) in [6.07, 6.45) is 0.776. The molecule has 1 aromatic heterocycles. The van der Waals surface area contributed by atoms with Crippen LogP contribution in [-0.4, -0.2) is 83.4 Å². The van der Waals surface area contributed by atoms with Crippen LogP contribution in [0.15, 0.2) is 4.52 Å². The first-order valence-corrected chi connectivity index (χ1v) is 8.37. The third-order valence-corrected chi connectivity index (χ3v) is 4.57. The quantitative estimate of drug-likeness (QED) is 0.818. The molecule has 128 valence electrons. The molecule has 2 aliphatic heterocycles. The highest BCUT2D eigenvalue weighted by molar-refractivity contribution is 5.74. The van der Waals surface area contributed by atoms with E-state index in [0.29, 0.717) is 32.2 Å². The Balaban J connectivity index is 1.52. The first kappa shape index (κ1) is 16.2. The van der Waals surface area contributed by atoms with Gasteiger partial charge in [0.05, 0.1) is 19.3 Å². The number of aromatic nitrogens is 2. The SMILES string of the molecule is CCc1noc(C(C)N2CCN(C(=O)N3CCOCC3)CC2)n1. The van der Waals surface area contributed by atoms with Crippen molar-refractivity contribution in [3.05, 3.63) is 11.7 Å². The van der Waals surface area contributed by atoms with Crippen molar-refractivity contribution in [2.24, 2.45) is 0 Å². The zero-order valence-electron chi connectivity index (χ0n) is 13.9. The van der Waals surface area contributed by atoms with Gasteiger partial charge in [0.15, 0.2) is 5.82 Å². The van der Waals surface area contributed by atoms with Crippen molar-refractivity contribution in [3.8, 4) is 0 Å². The highest BCUT2D eigenvalue weighted by Crippen LogP contribution is 2.20. The molecule has 0 radical (unpaired) electrons. The van der Waals surface area contributed by atoms with E-state index >= 15 is 0 Å². The summed E-state index contributed by atoms with van der Waals surface area (Å²) in [7, 11) is 0. The second-order valence-electron chi connectivity index (χ2n) is 5.98. The van der Waals surface area contributed by atoms with Crippen LogP contribution in [0.2, 0.25) is 0 Å². The lowest BCUT2D eigenvalue weighted by Crippen LogP contribution is -2.55. The summed E-state index contributed by atoms with van der Waals surface area (Å²) < 4.78 is 10.6. The number of carbonyl (C=O) groups excluding carboxylic acids is 1. The van der Waals surface area contributed by atoms with Crippen molar-refractivity contribution in [2.75, 3.05) is 52.5 Å². The van der Waals surface area contributed by atoms with Gasteiger partial charge >= 0.3 is 6.03 Å². The molecule has 8 nitrogen and oxygen atoms in total. The van der Waals surface area contributed by atoms with E-state index in [1.54, 1.807) is 0 Å². The minimum absolute atomic E-state index is 0.0865. The first-order chi connectivity index (χ1) is 11.2. The second kappa shape index (κ2) is 7.27. The van der Waals surface area contributed by atoms with Crippen LogP contribution in [0, 0.1) is 0 Å². The molecule has 2 amide bonds. The van der Waals surface area contributed by atoms with E-state index in [4.69, 9.17) is 9.26 Å². The van der Waals surface area contributed by atoms with Crippen LogP contribution in [0.25, 0.3) is 0 Å². The Kier molecular flexibility index (Phi) is 5.12. The summed E-state index contributed by atoms with van der Waals surface area (Å²) >= 11 is 0. The predicted molar refractivity (Wildman–Crippen MR) is 83.0 cm³/mol. The lowest BCUT2D eigenvalue weighted by atomic mass is 10.2. The fraction of sp³-hybridized carbons (Fsp3) is 0.800. The standard InChI is InChI=1S/C15H25N5O3/c1-3-13-16-14(23-17-13)12(2)18-4-6-19(7-5-18)15(21)20-8-10-22-11-9-20/h12H,3-11H2,1-2H3. The Labute approximate surface area is 136 Å². The molecule has 3 heterocycles. The maximum Gasteiger partial charge on any atom is 0.320 e. The molecule has 1 atom stereocenters. The zero-order chi connectivity index (χ0) is 16.2. The minimum atomic E-state index is 0.0865. The largest absolute Gasteiger partial charge is 0.378 e. The fourth-order valence-corrected chi connectivity index (χ4v) is 2.99. The van der Waals surface area contributed by atoms with Gasteiger partial charge in [-0.1, -0.05) is 12.1 Å². The number of urea groups is 1. The van der Waals surface area contributed by atoms with Crippen LogP contribution in [0.3, 0.4) is 0 Å². The number of hydrogen-bond acceptors (Lipinski definition) is 6.